The van der Waals surface area contributed by atoms with Crippen molar-refractivity contribution in [2.24, 2.45) is 0 Å². The van der Waals surface area contributed by atoms with Crippen molar-refractivity contribution in [3.05, 3.63) is 36.9 Å². The van der Waals surface area contributed by atoms with E-state index in [9.17, 15) is 4.79 Å². The summed E-state index contributed by atoms with van der Waals surface area (Å²) in [5.74, 6) is 0.520. The lowest BCUT2D eigenvalue weighted by Crippen LogP contribution is -2.52. The minimum atomic E-state index is -0.703. The second-order valence-corrected chi connectivity index (χ2v) is 6.55. The van der Waals surface area contributed by atoms with E-state index >= 15 is 0 Å². The summed E-state index contributed by atoms with van der Waals surface area (Å²) in [7, 11) is 0. The van der Waals surface area contributed by atoms with Crippen molar-refractivity contribution in [3.63, 3.8) is 0 Å². The predicted octanol–water partition coefficient (Wildman–Crippen LogP) is 2.13. The number of halogens is 1. The molecular weight excluding hydrogens is 364 g/mol. The van der Waals surface area contributed by atoms with E-state index < -0.39 is 5.54 Å². The average Bonchev–Trinajstić information content (AvgIpc) is 3.36. The van der Waals surface area contributed by atoms with Crippen LogP contribution in [-0.2, 0) is 10.3 Å². The van der Waals surface area contributed by atoms with Crippen LogP contribution in [0.5, 0.6) is 0 Å². The second-order valence-electron chi connectivity index (χ2n) is 5.58. The van der Waals surface area contributed by atoms with Crippen molar-refractivity contribution >= 4 is 34.8 Å². The van der Waals surface area contributed by atoms with Gasteiger partial charge in [0.15, 0.2) is 10.8 Å². The summed E-state index contributed by atoms with van der Waals surface area (Å²) in [5.41, 5.74) is -0.703. The first kappa shape index (κ1) is 17.6. The zero-order chi connectivity index (χ0) is 16.4. The summed E-state index contributed by atoms with van der Waals surface area (Å²) in [5, 5.41) is 19.7. The molecule has 4 heterocycles. The van der Waals surface area contributed by atoms with Crippen LogP contribution in [0.3, 0.4) is 0 Å². The lowest BCUT2D eigenvalue weighted by Gasteiger charge is -2.36. The number of rotatable bonds is 4. The predicted molar refractivity (Wildman–Crippen MR) is 95.8 cm³/mol. The van der Waals surface area contributed by atoms with E-state index in [1.807, 2.05) is 18.3 Å². The summed E-state index contributed by atoms with van der Waals surface area (Å²) in [6.45, 7) is 1.53. The molecule has 0 aromatic carbocycles. The third-order valence-electron chi connectivity index (χ3n) is 4.17. The quantitative estimate of drug-likeness (QED) is 0.719. The normalized spacial score (nSPS) is 16.2. The van der Waals surface area contributed by atoms with Gasteiger partial charge in [0.1, 0.15) is 5.54 Å². The standard InChI is InChI=1S/C15H16N6O2S.ClH/c22-13(15(4-7-16-8-5-15)21-9-2-6-17-21)18-14-20-19-12(24-14)11-3-1-10-23-11;/h1-3,6,9-10,16H,4-5,7-8H2,(H,18,20,22);1H. The maximum absolute atomic E-state index is 13.0. The molecule has 3 aromatic heterocycles. The fourth-order valence-electron chi connectivity index (χ4n) is 2.91. The van der Waals surface area contributed by atoms with Gasteiger partial charge in [-0.1, -0.05) is 11.3 Å². The summed E-state index contributed by atoms with van der Waals surface area (Å²) in [6, 6.07) is 5.43. The monoisotopic (exact) mass is 380 g/mol. The van der Waals surface area contributed by atoms with Crippen LogP contribution in [0.4, 0.5) is 5.13 Å². The Morgan fingerprint density at radius 2 is 2.16 bits per heavy atom. The maximum Gasteiger partial charge on any atom is 0.254 e. The Hall–Kier alpha value is -2.23. The highest BCUT2D eigenvalue weighted by Crippen LogP contribution is 2.31. The van der Waals surface area contributed by atoms with Gasteiger partial charge in [-0.15, -0.1) is 22.6 Å². The van der Waals surface area contributed by atoms with Crippen LogP contribution >= 0.6 is 23.7 Å². The topological polar surface area (TPSA) is 97.9 Å². The Labute approximate surface area is 154 Å². The highest BCUT2D eigenvalue weighted by Gasteiger charge is 2.42. The van der Waals surface area contributed by atoms with Crippen molar-refractivity contribution in [1.82, 2.24) is 25.3 Å². The zero-order valence-corrected chi connectivity index (χ0v) is 14.8. The molecule has 1 aliphatic rings. The van der Waals surface area contributed by atoms with E-state index in [4.69, 9.17) is 4.42 Å². The van der Waals surface area contributed by atoms with Gasteiger partial charge < -0.3 is 9.73 Å². The smallest absolute Gasteiger partial charge is 0.254 e. The number of furan rings is 1. The van der Waals surface area contributed by atoms with Gasteiger partial charge in [-0.2, -0.15) is 5.10 Å². The van der Waals surface area contributed by atoms with Crippen molar-refractivity contribution in [3.8, 4) is 10.8 Å². The van der Waals surface area contributed by atoms with Gasteiger partial charge in [0.05, 0.1) is 6.26 Å². The van der Waals surface area contributed by atoms with Crippen LogP contribution in [0, 0.1) is 0 Å². The van der Waals surface area contributed by atoms with Gasteiger partial charge >= 0.3 is 0 Å². The minimum Gasteiger partial charge on any atom is -0.462 e. The summed E-state index contributed by atoms with van der Waals surface area (Å²) in [6.07, 6.45) is 6.45. The zero-order valence-electron chi connectivity index (χ0n) is 13.2. The molecule has 0 atom stereocenters. The SMILES string of the molecule is Cl.O=C(Nc1nnc(-c2ccco2)s1)C1(n2cccn2)CCNCC1. The minimum absolute atomic E-state index is 0. The fraction of sp³-hybridized carbons (Fsp3) is 0.333. The molecule has 0 bridgehead atoms. The number of aromatic nitrogens is 4. The van der Waals surface area contributed by atoms with Crippen molar-refractivity contribution < 1.29 is 9.21 Å². The molecule has 0 radical (unpaired) electrons. The molecule has 1 aliphatic heterocycles. The summed E-state index contributed by atoms with van der Waals surface area (Å²) >= 11 is 1.29. The molecule has 2 N–H and O–H groups in total. The van der Waals surface area contributed by atoms with Gasteiger partial charge in [0.2, 0.25) is 5.13 Å². The molecule has 1 amide bonds. The Morgan fingerprint density at radius 1 is 1.32 bits per heavy atom. The molecule has 132 valence electrons. The highest BCUT2D eigenvalue weighted by atomic mass is 35.5. The lowest BCUT2D eigenvalue weighted by molar-refractivity contribution is -0.126. The molecule has 0 aliphatic carbocycles. The summed E-state index contributed by atoms with van der Waals surface area (Å²) in [4.78, 5) is 13.0. The molecule has 0 unspecified atom stereocenters. The van der Waals surface area contributed by atoms with Crippen LogP contribution in [0.15, 0.2) is 41.3 Å². The molecular formula is C15H17ClN6O2S. The summed E-state index contributed by atoms with van der Waals surface area (Å²) < 4.78 is 7.05. The average molecular weight is 381 g/mol. The fourth-order valence-corrected chi connectivity index (χ4v) is 3.62. The second kappa shape index (κ2) is 7.34. The van der Waals surface area contributed by atoms with E-state index in [1.54, 1.807) is 23.2 Å². The Kier molecular flexibility index (Phi) is 5.16. The lowest BCUT2D eigenvalue weighted by atomic mass is 9.87. The molecule has 25 heavy (non-hydrogen) atoms. The van der Waals surface area contributed by atoms with E-state index in [0.29, 0.717) is 28.7 Å². The number of anilines is 1. The van der Waals surface area contributed by atoms with Gasteiger partial charge in [-0.25, -0.2) is 0 Å². The first-order chi connectivity index (χ1) is 11.8. The van der Waals surface area contributed by atoms with Gasteiger partial charge in [-0.3, -0.25) is 14.8 Å². The molecule has 3 aromatic rings. The largest absolute Gasteiger partial charge is 0.462 e. The van der Waals surface area contributed by atoms with Crippen LogP contribution in [0.1, 0.15) is 12.8 Å². The molecule has 0 saturated carbocycles. The first-order valence-corrected chi connectivity index (χ1v) is 8.49. The van der Waals surface area contributed by atoms with Gasteiger partial charge in [-0.05, 0) is 44.1 Å². The Bertz CT molecular complexity index is 811. The Balaban J connectivity index is 0.00000182. The van der Waals surface area contributed by atoms with E-state index in [2.05, 4.69) is 25.9 Å². The number of nitrogens with one attached hydrogen (secondary N) is 2. The van der Waals surface area contributed by atoms with Gasteiger partial charge in [0, 0.05) is 12.4 Å². The molecule has 0 spiro atoms. The van der Waals surface area contributed by atoms with Gasteiger partial charge in [0.25, 0.3) is 5.91 Å². The molecule has 8 nitrogen and oxygen atoms in total. The van der Waals surface area contributed by atoms with E-state index in [-0.39, 0.29) is 18.3 Å². The van der Waals surface area contributed by atoms with Crippen LogP contribution in [0.2, 0.25) is 0 Å². The number of piperidine rings is 1. The van der Waals surface area contributed by atoms with Crippen molar-refractivity contribution in [2.75, 3.05) is 18.4 Å². The third-order valence-corrected chi connectivity index (χ3v) is 5.03. The number of carbonyl (C=O) groups excluding carboxylic acids is 1. The van der Waals surface area contributed by atoms with E-state index in [1.165, 1.54) is 11.3 Å². The number of hydrogen-bond acceptors (Lipinski definition) is 7. The number of nitrogens with zero attached hydrogens (tertiary/aromatic N) is 4. The number of carbonyl (C=O) groups is 1. The third kappa shape index (κ3) is 3.30. The van der Waals surface area contributed by atoms with Crippen LogP contribution in [0.25, 0.3) is 10.8 Å². The highest BCUT2D eigenvalue weighted by molar-refractivity contribution is 7.18. The molecule has 1 fully saturated rings. The van der Waals surface area contributed by atoms with E-state index in [0.717, 1.165) is 13.1 Å². The number of hydrogen-bond donors (Lipinski definition) is 2. The van der Waals surface area contributed by atoms with Crippen molar-refractivity contribution in [1.29, 1.82) is 0 Å². The van der Waals surface area contributed by atoms with Crippen LogP contribution < -0.4 is 10.6 Å². The molecule has 1 saturated heterocycles. The molecule has 4 rings (SSSR count). The maximum atomic E-state index is 13.0. The molecule has 10 heteroatoms. The van der Waals surface area contributed by atoms with Crippen molar-refractivity contribution in [2.45, 2.75) is 18.4 Å². The van der Waals surface area contributed by atoms with Crippen LogP contribution in [-0.4, -0.2) is 39.0 Å². The number of amides is 1. The Morgan fingerprint density at radius 3 is 2.84 bits per heavy atom. The first-order valence-electron chi connectivity index (χ1n) is 7.68.